The predicted molar refractivity (Wildman–Crippen MR) is 84.5 cm³/mol. The van der Waals surface area contributed by atoms with Crippen LogP contribution >= 0.6 is 11.6 Å². The molecule has 1 aromatic rings. The van der Waals surface area contributed by atoms with Crippen LogP contribution in [0.1, 0.15) is 49.9 Å². The van der Waals surface area contributed by atoms with Crippen molar-refractivity contribution in [2.45, 2.75) is 45.6 Å². The number of nitrogens with one attached hydrogen (secondary N) is 2. The summed E-state index contributed by atoms with van der Waals surface area (Å²) in [5, 5.41) is 6.75. The third kappa shape index (κ3) is 3.66. The van der Waals surface area contributed by atoms with E-state index in [0.717, 1.165) is 31.4 Å². The number of halogens is 1. The zero-order valence-electron chi connectivity index (χ0n) is 12.4. The predicted octanol–water partition coefficient (Wildman–Crippen LogP) is 4.08. The second kappa shape index (κ2) is 6.04. The van der Waals surface area contributed by atoms with E-state index in [9.17, 15) is 4.79 Å². The molecule has 0 aromatic heterocycles. The lowest BCUT2D eigenvalue weighted by Crippen LogP contribution is -2.39. The van der Waals surface area contributed by atoms with Gasteiger partial charge in [0.1, 0.15) is 0 Å². The summed E-state index contributed by atoms with van der Waals surface area (Å²) in [6.07, 6.45) is 4.42. The smallest absolute Gasteiger partial charge is 0.253 e. The molecular formula is C16H23ClN2O. The molecule has 0 bridgehead atoms. The largest absolute Gasteiger partial charge is 0.387 e. The fraction of sp³-hybridized carbons (Fsp3) is 0.562. The van der Waals surface area contributed by atoms with Crippen molar-refractivity contribution in [2.24, 2.45) is 5.41 Å². The zero-order valence-corrected chi connectivity index (χ0v) is 13.2. The number of rotatable bonds is 3. The molecule has 1 saturated carbocycles. The Morgan fingerprint density at radius 1 is 1.30 bits per heavy atom. The van der Waals surface area contributed by atoms with Crippen LogP contribution in [0, 0.1) is 5.41 Å². The Balaban J connectivity index is 2.04. The quantitative estimate of drug-likeness (QED) is 0.882. The molecule has 0 spiro atoms. The van der Waals surface area contributed by atoms with Gasteiger partial charge < -0.3 is 10.6 Å². The fourth-order valence-corrected chi connectivity index (χ4v) is 2.90. The highest BCUT2D eigenvalue weighted by atomic mass is 35.5. The van der Waals surface area contributed by atoms with E-state index >= 15 is 0 Å². The van der Waals surface area contributed by atoms with E-state index in [4.69, 9.17) is 11.6 Å². The third-order valence-electron chi connectivity index (χ3n) is 4.17. The van der Waals surface area contributed by atoms with Gasteiger partial charge in [0.15, 0.2) is 0 Å². The van der Waals surface area contributed by atoms with Crippen molar-refractivity contribution in [2.75, 3.05) is 12.4 Å². The molecule has 0 radical (unpaired) electrons. The van der Waals surface area contributed by atoms with Crippen LogP contribution in [0.4, 0.5) is 5.69 Å². The Morgan fingerprint density at radius 3 is 2.55 bits per heavy atom. The first-order valence-electron chi connectivity index (χ1n) is 7.19. The van der Waals surface area contributed by atoms with Crippen LogP contribution in [0.5, 0.6) is 0 Å². The van der Waals surface area contributed by atoms with Gasteiger partial charge in [0.05, 0.1) is 5.56 Å². The molecule has 0 saturated heterocycles. The first kappa shape index (κ1) is 15.2. The minimum absolute atomic E-state index is 0.0402. The summed E-state index contributed by atoms with van der Waals surface area (Å²) in [4.78, 5) is 12.4. The van der Waals surface area contributed by atoms with Gasteiger partial charge in [-0.05, 0) is 49.3 Å². The van der Waals surface area contributed by atoms with Crippen LogP contribution in [0.3, 0.4) is 0 Å². The highest BCUT2D eigenvalue weighted by Gasteiger charge is 2.28. The fourth-order valence-electron chi connectivity index (χ4n) is 2.73. The van der Waals surface area contributed by atoms with Crippen molar-refractivity contribution < 1.29 is 4.79 Å². The van der Waals surface area contributed by atoms with E-state index in [1.165, 1.54) is 0 Å². The van der Waals surface area contributed by atoms with Gasteiger partial charge in [-0.1, -0.05) is 25.4 Å². The second-order valence-corrected chi connectivity index (χ2v) is 6.79. The van der Waals surface area contributed by atoms with E-state index in [-0.39, 0.29) is 11.9 Å². The number of anilines is 1. The summed E-state index contributed by atoms with van der Waals surface area (Å²) in [6.45, 7) is 4.59. The summed E-state index contributed by atoms with van der Waals surface area (Å²) >= 11 is 5.99. The highest BCUT2D eigenvalue weighted by molar-refractivity contribution is 6.31. The maximum Gasteiger partial charge on any atom is 0.253 e. The summed E-state index contributed by atoms with van der Waals surface area (Å²) in [5.41, 5.74) is 1.83. The minimum Gasteiger partial charge on any atom is -0.387 e. The molecule has 1 aliphatic carbocycles. The van der Waals surface area contributed by atoms with Gasteiger partial charge in [0, 0.05) is 23.8 Å². The average Bonchev–Trinajstić information content (AvgIpc) is 2.41. The Hall–Kier alpha value is -1.22. The lowest BCUT2D eigenvalue weighted by Gasteiger charge is -2.34. The Morgan fingerprint density at radius 2 is 1.95 bits per heavy atom. The summed E-state index contributed by atoms with van der Waals surface area (Å²) in [6, 6.07) is 5.61. The standard InChI is InChI=1S/C16H23ClN2O/c1-16(2)8-6-12(7-9-16)19-15(20)13-10-11(17)4-5-14(13)18-3/h4-5,10,12,18H,6-9H2,1-3H3,(H,19,20). The van der Waals surface area contributed by atoms with E-state index in [1.54, 1.807) is 12.1 Å². The molecule has 110 valence electrons. The molecule has 0 heterocycles. The summed E-state index contributed by atoms with van der Waals surface area (Å²) in [5.74, 6) is -0.0402. The lowest BCUT2D eigenvalue weighted by molar-refractivity contribution is 0.0910. The molecule has 2 rings (SSSR count). The van der Waals surface area contributed by atoms with Crippen molar-refractivity contribution >= 4 is 23.2 Å². The lowest BCUT2D eigenvalue weighted by atomic mass is 9.75. The van der Waals surface area contributed by atoms with Crippen molar-refractivity contribution in [3.63, 3.8) is 0 Å². The number of carbonyl (C=O) groups is 1. The van der Waals surface area contributed by atoms with Gasteiger partial charge in [-0.25, -0.2) is 0 Å². The number of hydrogen-bond donors (Lipinski definition) is 2. The van der Waals surface area contributed by atoms with Gasteiger partial charge in [0.25, 0.3) is 5.91 Å². The normalized spacial score (nSPS) is 18.6. The van der Waals surface area contributed by atoms with Gasteiger partial charge in [0.2, 0.25) is 0 Å². The summed E-state index contributed by atoms with van der Waals surface area (Å²) in [7, 11) is 1.81. The van der Waals surface area contributed by atoms with Crippen molar-refractivity contribution in [1.82, 2.24) is 5.32 Å². The SMILES string of the molecule is CNc1ccc(Cl)cc1C(=O)NC1CCC(C)(C)CC1. The zero-order chi connectivity index (χ0) is 14.8. The molecule has 1 amide bonds. The summed E-state index contributed by atoms with van der Waals surface area (Å²) < 4.78 is 0. The molecule has 20 heavy (non-hydrogen) atoms. The van der Waals surface area contributed by atoms with Crippen molar-refractivity contribution in [1.29, 1.82) is 0 Å². The number of amides is 1. The molecule has 4 heteroatoms. The monoisotopic (exact) mass is 294 g/mol. The second-order valence-electron chi connectivity index (χ2n) is 6.35. The van der Waals surface area contributed by atoms with Crippen LogP contribution in [-0.2, 0) is 0 Å². The van der Waals surface area contributed by atoms with E-state index < -0.39 is 0 Å². The molecular weight excluding hydrogens is 272 g/mol. The molecule has 0 atom stereocenters. The Bertz CT molecular complexity index is 489. The van der Waals surface area contributed by atoms with Gasteiger partial charge in [-0.3, -0.25) is 4.79 Å². The third-order valence-corrected chi connectivity index (χ3v) is 4.41. The average molecular weight is 295 g/mol. The first-order chi connectivity index (χ1) is 9.41. The molecule has 1 fully saturated rings. The number of benzene rings is 1. The van der Waals surface area contributed by atoms with Crippen molar-refractivity contribution in [3.8, 4) is 0 Å². The van der Waals surface area contributed by atoms with E-state index in [1.807, 2.05) is 13.1 Å². The Kier molecular flexibility index (Phi) is 4.59. The Labute approximate surface area is 126 Å². The molecule has 0 unspecified atom stereocenters. The molecule has 0 aliphatic heterocycles. The maximum absolute atomic E-state index is 12.4. The van der Waals surface area contributed by atoms with Crippen LogP contribution in [-0.4, -0.2) is 19.0 Å². The maximum atomic E-state index is 12.4. The van der Waals surface area contributed by atoms with Gasteiger partial charge in [-0.2, -0.15) is 0 Å². The van der Waals surface area contributed by atoms with Crippen LogP contribution < -0.4 is 10.6 Å². The van der Waals surface area contributed by atoms with E-state index in [2.05, 4.69) is 24.5 Å². The minimum atomic E-state index is -0.0402. The van der Waals surface area contributed by atoms with Crippen LogP contribution in [0.15, 0.2) is 18.2 Å². The number of carbonyl (C=O) groups excluding carboxylic acids is 1. The molecule has 1 aromatic carbocycles. The van der Waals surface area contributed by atoms with Crippen LogP contribution in [0.25, 0.3) is 0 Å². The van der Waals surface area contributed by atoms with Gasteiger partial charge >= 0.3 is 0 Å². The molecule has 3 nitrogen and oxygen atoms in total. The highest BCUT2D eigenvalue weighted by Crippen LogP contribution is 2.35. The van der Waals surface area contributed by atoms with Gasteiger partial charge in [-0.15, -0.1) is 0 Å². The topological polar surface area (TPSA) is 41.1 Å². The number of hydrogen-bond acceptors (Lipinski definition) is 2. The first-order valence-corrected chi connectivity index (χ1v) is 7.57. The van der Waals surface area contributed by atoms with Crippen molar-refractivity contribution in [3.05, 3.63) is 28.8 Å². The van der Waals surface area contributed by atoms with Crippen LogP contribution in [0.2, 0.25) is 5.02 Å². The van der Waals surface area contributed by atoms with E-state index in [0.29, 0.717) is 16.0 Å². The molecule has 1 aliphatic rings. The molecule has 2 N–H and O–H groups in total.